The molecule has 12 heteroatoms. The van der Waals surface area contributed by atoms with Gasteiger partial charge in [-0.05, 0) is 193 Å². The van der Waals surface area contributed by atoms with Gasteiger partial charge in [0.2, 0.25) is 0 Å². The Morgan fingerprint density at radius 2 is 0.514 bits per heavy atom. The fraction of sp³-hybridized carbons (Fsp3) is 0.651. The van der Waals surface area contributed by atoms with Gasteiger partial charge in [0.15, 0.2) is 0 Å². The SMILES string of the molecule is CC(C)(C)C.CC(C)(C)C.CC(C)(C)C.CC(C)(C)C.CC(C)(C)C.CC(C)(C)C.CC(C)(C)CCCC(CC(=O)[O-])C(=O)O.CC(C)(C)CCCC(CC(=O)[O-])C(=O)[O-].CC(C)(C)CCc1ccc([O-])cc1.CC(C)(C)c1ccccc1.CC(C)(C)c1ccccc1.CC(C)(C)c1ccccc1.CC[N+](CC)(CC)Cc1ccccc1.CC[N+](CC)(CC)Cc1ccccc1.CCn1cccc1. The standard InChI is InChI=1S/2C13H22N.C12H18O.2C11H20O4.3C10H14.C6H9N.6C5H12/c2*1-4-14(5-2,6-3)12-13-10-8-7-9-11-13;1-12(2,3)9-8-10-4-6-11(13)7-5-10;2*1-11(2,3)6-4-5-8(10(14)15)7-9(12)13;3*1-10(2,3)9-7-5-4-6-8-9;1-2-7-5-3-4-6-7;6*1-5(2,3)4/h2*7-11H,4-6,12H2,1-3H3;4-7,13H,8-9H2,1-3H3;2*8H,4-7H2,1-3H3,(H,12,13)(H,14,15);3*4-8H,1-3H3;3-6H,2H2,1H3;6*1-4H3/q2*+1;;;;;;;;;;;;;/p-4. The summed E-state index contributed by atoms with van der Waals surface area (Å²) >= 11 is 0. The van der Waals surface area contributed by atoms with Crippen molar-refractivity contribution in [1.29, 1.82) is 0 Å². The number of hydrogen-bond donors (Lipinski definition) is 1. The summed E-state index contributed by atoms with van der Waals surface area (Å²) in [5, 5.41) is 50.7. The molecular weight excluding hydrogens is 1700 g/mol. The lowest BCUT2D eigenvalue weighted by Gasteiger charge is -2.35. The summed E-state index contributed by atoms with van der Waals surface area (Å²) in [6, 6.07) is 64.5. The normalized spacial score (nSPS) is 12.0. The van der Waals surface area contributed by atoms with Crippen LogP contribution in [0.3, 0.4) is 0 Å². The van der Waals surface area contributed by atoms with Crippen LogP contribution in [0.15, 0.2) is 200 Å². The van der Waals surface area contributed by atoms with Crippen LogP contribution in [0.2, 0.25) is 0 Å². The van der Waals surface area contributed by atoms with E-state index in [-0.39, 0.29) is 23.0 Å². The number of carboxylic acids is 4. The summed E-state index contributed by atoms with van der Waals surface area (Å²) < 4.78 is 4.52. The Balaban J connectivity index is -0.000000222. The van der Waals surface area contributed by atoms with Gasteiger partial charge in [0, 0.05) is 60.3 Å². The van der Waals surface area contributed by atoms with Crippen LogP contribution < -0.4 is 20.4 Å². The molecule has 796 valence electrons. The molecule has 7 aromatic rings. The highest BCUT2D eigenvalue weighted by Gasteiger charge is 2.24. The van der Waals surface area contributed by atoms with E-state index in [4.69, 9.17) is 5.11 Å². The van der Waals surface area contributed by atoms with Gasteiger partial charge in [0.05, 0.1) is 45.2 Å². The number of rotatable bonds is 25. The van der Waals surface area contributed by atoms with Gasteiger partial charge >= 0.3 is 5.97 Å². The Bertz CT molecular complexity index is 3610. The monoisotopic (exact) mass is 1920 g/mol. The number of aliphatic carboxylic acids is 4. The van der Waals surface area contributed by atoms with E-state index in [1.165, 1.54) is 94.7 Å². The third-order valence-corrected chi connectivity index (χ3v) is 19.3. The molecule has 7 rings (SSSR count). The van der Waals surface area contributed by atoms with Crippen LogP contribution in [0.5, 0.6) is 5.75 Å². The van der Waals surface area contributed by atoms with Gasteiger partial charge in [0.1, 0.15) is 13.1 Å². The van der Waals surface area contributed by atoms with Crippen molar-refractivity contribution in [3.63, 3.8) is 0 Å². The number of aromatic nitrogens is 1. The van der Waals surface area contributed by atoms with Crippen LogP contribution in [0, 0.1) is 60.6 Å². The fourth-order valence-electron chi connectivity index (χ4n) is 11.3. The smallest absolute Gasteiger partial charge is 0.306 e. The van der Waals surface area contributed by atoms with Crippen LogP contribution in [0.25, 0.3) is 0 Å². The van der Waals surface area contributed by atoms with Crippen molar-refractivity contribution >= 4 is 23.9 Å². The second-order valence-electron chi connectivity index (χ2n) is 53.0. The molecule has 2 unspecified atom stereocenters. The minimum Gasteiger partial charge on any atom is -0.872 e. The molecular formula is C126H221N3O9-2. The molecule has 12 nitrogen and oxygen atoms in total. The van der Waals surface area contributed by atoms with E-state index in [0.29, 0.717) is 73.4 Å². The summed E-state index contributed by atoms with van der Waals surface area (Å²) in [4.78, 5) is 41.9. The summed E-state index contributed by atoms with van der Waals surface area (Å²) in [7, 11) is 0. The zero-order valence-electron chi connectivity index (χ0n) is 99.2. The molecule has 138 heavy (non-hydrogen) atoms. The molecule has 1 heterocycles. The molecule has 6 aromatic carbocycles. The van der Waals surface area contributed by atoms with Crippen molar-refractivity contribution in [2.24, 2.45) is 60.6 Å². The van der Waals surface area contributed by atoms with Gasteiger partial charge in [-0.2, -0.15) is 0 Å². The van der Waals surface area contributed by atoms with E-state index in [1.54, 1.807) is 12.1 Å². The highest BCUT2D eigenvalue weighted by atomic mass is 16.4. The predicted molar refractivity (Wildman–Crippen MR) is 600 cm³/mol. The van der Waals surface area contributed by atoms with E-state index >= 15 is 0 Å². The lowest BCUT2D eigenvalue weighted by Crippen LogP contribution is -2.46. The maximum atomic E-state index is 10.8. The molecule has 0 fully saturated rings. The Kier molecular flexibility index (Phi) is 77.3. The fourth-order valence-corrected chi connectivity index (χ4v) is 11.3. The van der Waals surface area contributed by atoms with Crippen molar-refractivity contribution in [2.45, 2.75) is 439 Å². The minimum absolute atomic E-state index is 0.0968. The van der Waals surface area contributed by atoms with Crippen molar-refractivity contribution in [1.82, 2.24) is 4.57 Å². The number of benzene rings is 6. The lowest BCUT2D eigenvalue weighted by atomic mass is 9.87. The topological polar surface area (TPSA) is 186 Å². The third-order valence-electron chi connectivity index (χ3n) is 19.3. The molecule has 0 bridgehead atoms. The molecule has 0 saturated carbocycles. The largest absolute Gasteiger partial charge is 0.872 e. The van der Waals surface area contributed by atoms with Gasteiger partial charge in [-0.15, -0.1) is 5.75 Å². The molecule has 0 aliphatic heterocycles. The van der Waals surface area contributed by atoms with E-state index in [2.05, 4.69) is 508 Å². The van der Waals surface area contributed by atoms with Crippen molar-refractivity contribution < 1.29 is 53.7 Å². The highest BCUT2D eigenvalue weighted by Crippen LogP contribution is 2.29. The van der Waals surface area contributed by atoms with Crippen LogP contribution in [-0.4, -0.2) is 81.8 Å². The Hall–Kier alpha value is -7.80. The van der Waals surface area contributed by atoms with Crippen molar-refractivity contribution in [3.8, 4) is 5.75 Å². The van der Waals surface area contributed by atoms with E-state index in [9.17, 15) is 39.6 Å². The second kappa shape index (κ2) is 73.3. The average Bonchev–Trinajstić information content (AvgIpc) is 0.867. The van der Waals surface area contributed by atoms with Crippen LogP contribution in [-0.2, 0) is 61.5 Å². The first-order valence-electron chi connectivity index (χ1n) is 51.8. The zero-order chi connectivity index (χ0) is 110. The molecule has 1 aromatic heterocycles. The molecule has 0 aliphatic carbocycles. The van der Waals surface area contributed by atoms with E-state index in [1.807, 2.05) is 24.3 Å². The maximum absolute atomic E-state index is 10.8. The Morgan fingerprint density at radius 3 is 0.688 bits per heavy atom. The predicted octanol–water partition coefficient (Wildman–Crippen LogP) is 32.4. The van der Waals surface area contributed by atoms with E-state index in [0.717, 1.165) is 38.6 Å². The number of carbonyl (C=O) groups is 4. The maximum Gasteiger partial charge on any atom is 0.306 e. The van der Waals surface area contributed by atoms with Gasteiger partial charge in [0.25, 0.3) is 0 Å². The van der Waals surface area contributed by atoms with Gasteiger partial charge in [-0.1, -0.05) is 480 Å². The molecule has 0 aliphatic rings. The highest BCUT2D eigenvalue weighted by molar-refractivity contribution is 5.77. The first-order chi connectivity index (χ1) is 62.2. The average molecular weight is 1920 g/mol. The Labute approximate surface area is 855 Å². The molecule has 0 spiro atoms. The quantitative estimate of drug-likeness (QED) is 0.0544. The summed E-state index contributed by atoms with van der Waals surface area (Å²) in [5.74, 6) is -6.60. The summed E-state index contributed by atoms with van der Waals surface area (Å²) in [5.41, 5.74) is 12.9. The van der Waals surface area contributed by atoms with Crippen LogP contribution in [0.1, 0.15) is 430 Å². The minimum atomic E-state index is -1.33. The molecule has 0 saturated heterocycles. The molecule has 2 atom stereocenters. The third kappa shape index (κ3) is 117. The number of carboxylic acid groups (broad SMARTS) is 4. The van der Waals surface area contributed by atoms with E-state index < -0.39 is 42.1 Å². The number of aryl methyl sites for hydroxylation is 2. The number of nitrogens with zero attached hydrogens (tertiary/aromatic N) is 3. The number of hydrogen-bond acceptors (Lipinski definition) is 8. The lowest BCUT2D eigenvalue weighted by molar-refractivity contribution is -0.936. The Morgan fingerprint density at radius 1 is 0.297 bits per heavy atom. The first kappa shape index (κ1) is 146. The van der Waals surface area contributed by atoms with Gasteiger partial charge < -0.3 is 53.4 Å². The molecule has 0 radical (unpaired) electrons. The van der Waals surface area contributed by atoms with Crippen molar-refractivity contribution in [3.05, 3.63) is 234 Å². The summed E-state index contributed by atoms with van der Waals surface area (Å²) in [6.07, 6.45) is 9.41. The number of quaternary nitrogens is 2. The first-order valence-corrected chi connectivity index (χ1v) is 51.8. The number of carbonyl (C=O) groups excluding carboxylic acids is 3. The van der Waals surface area contributed by atoms with Crippen molar-refractivity contribution in [2.75, 3.05) is 39.3 Å². The zero-order valence-corrected chi connectivity index (χ0v) is 99.2. The second-order valence-corrected chi connectivity index (χ2v) is 53.0. The van der Waals surface area contributed by atoms with Gasteiger partial charge in [-0.3, -0.25) is 4.79 Å². The van der Waals surface area contributed by atoms with Gasteiger partial charge in [-0.25, -0.2) is 0 Å². The summed E-state index contributed by atoms with van der Waals surface area (Å²) in [6.45, 7) is 118. The van der Waals surface area contributed by atoms with Crippen LogP contribution >= 0.6 is 0 Å². The van der Waals surface area contributed by atoms with Crippen LogP contribution in [0.4, 0.5) is 0 Å². The molecule has 0 amide bonds. The molecule has 1 N–H and O–H groups in total.